The fraction of sp³-hybridized carbons (Fsp3) is 0.857. The number of methoxy groups -OCH3 is 1. The normalized spacial score (nSPS) is 37.7. The molecule has 1 aliphatic carbocycles. The fourth-order valence-corrected chi connectivity index (χ4v) is 3.23. The summed E-state index contributed by atoms with van der Waals surface area (Å²) >= 11 is 0. The SMILES string of the molecule is COC(=O)CCCC1CC2CC(C=O)C(O)CC2O1. The summed E-state index contributed by atoms with van der Waals surface area (Å²) in [5.74, 6) is -0.0488. The molecule has 5 heteroatoms. The second kappa shape index (κ2) is 6.48. The minimum absolute atomic E-state index is 0.0781. The molecule has 2 rings (SSSR count). The van der Waals surface area contributed by atoms with Crippen LogP contribution >= 0.6 is 0 Å². The number of hydrogen-bond acceptors (Lipinski definition) is 5. The van der Waals surface area contributed by atoms with E-state index >= 15 is 0 Å². The molecule has 1 saturated heterocycles. The van der Waals surface area contributed by atoms with Crippen molar-refractivity contribution in [3.63, 3.8) is 0 Å². The van der Waals surface area contributed by atoms with Gasteiger partial charge in [0.05, 0.1) is 25.4 Å². The Labute approximate surface area is 113 Å². The zero-order valence-electron chi connectivity index (χ0n) is 11.3. The summed E-state index contributed by atoms with van der Waals surface area (Å²) in [5.41, 5.74) is 0. The zero-order valence-corrected chi connectivity index (χ0v) is 11.3. The highest BCUT2D eigenvalue weighted by molar-refractivity contribution is 5.68. The zero-order chi connectivity index (χ0) is 13.8. The van der Waals surface area contributed by atoms with Crippen molar-refractivity contribution in [2.75, 3.05) is 7.11 Å². The summed E-state index contributed by atoms with van der Waals surface area (Å²) in [6, 6.07) is 0. The first kappa shape index (κ1) is 14.5. The number of aldehydes is 1. The Balaban J connectivity index is 1.76. The Kier molecular flexibility index (Phi) is 4.93. The lowest BCUT2D eigenvalue weighted by Gasteiger charge is -2.31. The van der Waals surface area contributed by atoms with E-state index in [0.29, 0.717) is 18.8 Å². The highest BCUT2D eigenvalue weighted by Crippen LogP contribution is 2.40. The van der Waals surface area contributed by atoms with E-state index in [0.717, 1.165) is 32.0 Å². The van der Waals surface area contributed by atoms with Crippen molar-refractivity contribution in [1.82, 2.24) is 0 Å². The van der Waals surface area contributed by atoms with E-state index in [-0.39, 0.29) is 24.1 Å². The van der Waals surface area contributed by atoms with Gasteiger partial charge in [-0.05, 0) is 31.6 Å². The molecule has 5 nitrogen and oxygen atoms in total. The number of aliphatic hydroxyl groups is 1. The predicted octanol–water partition coefficient (Wildman–Crippen LogP) is 1.07. The molecule has 2 fully saturated rings. The van der Waals surface area contributed by atoms with Crippen LogP contribution in [-0.2, 0) is 19.1 Å². The van der Waals surface area contributed by atoms with E-state index in [4.69, 9.17) is 4.74 Å². The summed E-state index contributed by atoms with van der Waals surface area (Å²) in [7, 11) is 1.39. The molecule has 1 heterocycles. The molecule has 19 heavy (non-hydrogen) atoms. The van der Waals surface area contributed by atoms with Gasteiger partial charge in [0.2, 0.25) is 0 Å². The lowest BCUT2D eigenvalue weighted by Crippen LogP contribution is -2.37. The molecular formula is C14H22O5. The lowest BCUT2D eigenvalue weighted by molar-refractivity contribution is -0.140. The van der Waals surface area contributed by atoms with Crippen LogP contribution in [0.2, 0.25) is 0 Å². The molecule has 0 aromatic heterocycles. The summed E-state index contributed by atoms with van der Waals surface area (Å²) in [4.78, 5) is 21.9. The molecule has 0 bridgehead atoms. The van der Waals surface area contributed by atoms with Crippen molar-refractivity contribution in [2.24, 2.45) is 11.8 Å². The van der Waals surface area contributed by atoms with Crippen molar-refractivity contribution in [1.29, 1.82) is 0 Å². The highest BCUT2D eigenvalue weighted by atomic mass is 16.5. The topological polar surface area (TPSA) is 72.8 Å². The van der Waals surface area contributed by atoms with E-state index in [9.17, 15) is 14.7 Å². The van der Waals surface area contributed by atoms with Crippen molar-refractivity contribution in [3.05, 3.63) is 0 Å². The molecule has 1 aliphatic heterocycles. The third kappa shape index (κ3) is 3.54. The number of carbonyl (C=O) groups excluding carboxylic acids is 2. The van der Waals surface area contributed by atoms with Crippen molar-refractivity contribution in [2.45, 2.75) is 56.8 Å². The number of carbonyl (C=O) groups is 2. The van der Waals surface area contributed by atoms with Crippen LogP contribution in [0.3, 0.4) is 0 Å². The van der Waals surface area contributed by atoms with Gasteiger partial charge in [-0.25, -0.2) is 0 Å². The third-order valence-corrected chi connectivity index (χ3v) is 4.31. The van der Waals surface area contributed by atoms with Gasteiger partial charge in [-0.1, -0.05) is 0 Å². The Bertz CT molecular complexity index is 330. The third-order valence-electron chi connectivity index (χ3n) is 4.31. The first-order valence-corrected chi connectivity index (χ1v) is 6.99. The van der Waals surface area contributed by atoms with E-state index in [1.807, 2.05) is 0 Å². The number of fused-ring (bicyclic) bond motifs is 1. The lowest BCUT2D eigenvalue weighted by atomic mass is 9.77. The first-order valence-electron chi connectivity index (χ1n) is 6.99. The van der Waals surface area contributed by atoms with E-state index in [1.165, 1.54) is 7.11 Å². The molecular weight excluding hydrogens is 248 g/mol. The van der Waals surface area contributed by atoms with E-state index in [2.05, 4.69) is 4.74 Å². The maximum atomic E-state index is 11.0. The van der Waals surface area contributed by atoms with E-state index in [1.54, 1.807) is 0 Å². The van der Waals surface area contributed by atoms with E-state index < -0.39 is 6.10 Å². The van der Waals surface area contributed by atoms with Gasteiger partial charge in [-0.3, -0.25) is 4.79 Å². The molecule has 2 aliphatic rings. The average molecular weight is 270 g/mol. The Morgan fingerprint density at radius 3 is 2.89 bits per heavy atom. The minimum atomic E-state index is -0.562. The van der Waals surface area contributed by atoms with Crippen LogP contribution < -0.4 is 0 Å². The van der Waals surface area contributed by atoms with Crippen LogP contribution in [0.4, 0.5) is 0 Å². The Morgan fingerprint density at radius 1 is 1.42 bits per heavy atom. The van der Waals surface area contributed by atoms with Gasteiger partial charge in [0.15, 0.2) is 0 Å². The quantitative estimate of drug-likeness (QED) is 0.597. The van der Waals surface area contributed by atoms with Gasteiger partial charge in [0.25, 0.3) is 0 Å². The van der Waals surface area contributed by atoms with Gasteiger partial charge in [0, 0.05) is 18.8 Å². The number of rotatable bonds is 5. The first-order chi connectivity index (χ1) is 9.13. The predicted molar refractivity (Wildman–Crippen MR) is 67.4 cm³/mol. The standard InChI is InChI=1S/C14H22O5/c1-18-14(17)4-2-3-11-6-9-5-10(8-15)12(16)7-13(9)19-11/h8-13,16H,2-7H2,1H3. The summed E-state index contributed by atoms with van der Waals surface area (Å²) < 4.78 is 10.5. The highest BCUT2D eigenvalue weighted by Gasteiger charge is 2.42. The Morgan fingerprint density at radius 2 is 2.21 bits per heavy atom. The maximum absolute atomic E-state index is 11.0. The summed E-state index contributed by atoms with van der Waals surface area (Å²) in [6.45, 7) is 0. The number of esters is 1. The van der Waals surface area contributed by atoms with Crippen LogP contribution in [0.5, 0.6) is 0 Å². The van der Waals surface area contributed by atoms with Crippen molar-refractivity contribution < 1.29 is 24.2 Å². The molecule has 0 spiro atoms. The van der Waals surface area contributed by atoms with Crippen LogP contribution in [0.15, 0.2) is 0 Å². The van der Waals surface area contributed by atoms with Crippen molar-refractivity contribution >= 4 is 12.3 Å². The van der Waals surface area contributed by atoms with Gasteiger partial charge >= 0.3 is 5.97 Å². The van der Waals surface area contributed by atoms with Gasteiger partial charge in [-0.2, -0.15) is 0 Å². The number of aliphatic hydroxyl groups excluding tert-OH is 1. The molecule has 5 atom stereocenters. The molecule has 0 aromatic carbocycles. The van der Waals surface area contributed by atoms with Gasteiger partial charge in [0.1, 0.15) is 6.29 Å². The minimum Gasteiger partial charge on any atom is -0.469 e. The van der Waals surface area contributed by atoms with Crippen LogP contribution in [-0.4, -0.2) is 42.8 Å². The molecule has 0 amide bonds. The van der Waals surface area contributed by atoms with Gasteiger partial charge < -0.3 is 19.4 Å². The number of hydrogen-bond donors (Lipinski definition) is 1. The van der Waals surface area contributed by atoms with Crippen LogP contribution in [0, 0.1) is 11.8 Å². The van der Waals surface area contributed by atoms with Crippen molar-refractivity contribution in [3.8, 4) is 0 Å². The van der Waals surface area contributed by atoms with Crippen LogP contribution in [0.1, 0.15) is 38.5 Å². The number of ether oxygens (including phenoxy) is 2. The molecule has 1 N–H and O–H groups in total. The maximum Gasteiger partial charge on any atom is 0.305 e. The molecule has 5 unspecified atom stereocenters. The molecule has 0 aromatic rings. The summed E-state index contributed by atoms with van der Waals surface area (Å²) in [5, 5.41) is 9.81. The molecule has 1 saturated carbocycles. The molecule has 0 radical (unpaired) electrons. The Hall–Kier alpha value is -0.940. The largest absolute Gasteiger partial charge is 0.469 e. The fourth-order valence-electron chi connectivity index (χ4n) is 3.23. The smallest absolute Gasteiger partial charge is 0.305 e. The average Bonchev–Trinajstić information content (AvgIpc) is 2.78. The van der Waals surface area contributed by atoms with Gasteiger partial charge in [-0.15, -0.1) is 0 Å². The second-order valence-corrected chi connectivity index (χ2v) is 5.60. The summed E-state index contributed by atoms with van der Waals surface area (Å²) in [6.07, 6.45) is 4.77. The van der Waals surface area contributed by atoms with Crippen LogP contribution in [0.25, 0.3) is 0 Å². The monoisotopic (exact) mass is 270 g/mol. The second-order valence-electron chi connectivity index (χ2n) is 5.60. The molecule has 108 valence electrons.